The molecule has 1 aliphatic rings. The molecule has 1 aromatic carbocycles. The highest BCUT2D eigenvalue weighted by atomic mass is 16.5. The average molecular weight is 333 g/mol. The van der Waals surface area contributed by atoms with E-state index in [1.165, 1.54) is 25.7 Å². The average Bonchev–Trinajstić information content (AvgIpc) is 2.89. The summed E-state index contributed by atoms with van der Waals surface area (Å²) >= 11 is 0. The van der Waals surface area contributed by atoms with Crippen molar-refractivity contribution in [2.45, 2.75) is 57.4 Å². The Bertz CT molecular complexity index is 455. The van der Waals surface area contributed by atoms with Crippen LogP contribution in [0, 0.1) is 0 Å². The molecular formula is C20H31NO3. The minimum Gasteiger partial charge on any atom is -0.492 e. The number of carbonyl (C=O) groups is 1. The Balaban J connectivity index is 1.89. The number of methoxy groups -OCH3 is 1. The summed E-state index contributed by atoms with van der Waals surface area (Å²) in [6.07, 6.45) is 8.65. The maximum Gasteiger partial charge on any atom is 0.223 e. The third-order valence-corrected chi connectivity index (χ3v) is 4.67. The number of benzene rings is 1. The highest BCUT2D eigenvalue weighted by molar-refractivity contribution is 5.76. The van der Waals surface area contributed by atoms with Crippen LogP contribution in [0.1, 0.15) is 51.4 Å². The van der Waals surface area contributed by atoms with Gasteiger partial charge in [0.25, 0.3) is 0 Å². The van der Waals surface area contributed by atoms with Gasteiger partial charge in [-0.15, -0.1) is 0 Å². The minimum atomic E-state index is 0.246. The molecule has 0 atom stereocenters. The van der Waals surface area contributed by atoms with Crippen molar-refractivity contribution in [3.63, 3.8) is 0 Å². The van der Waals surface area contributed by atoms with Crippen molar-refractivity contribution in [2.75, 3.05) is 26.9 Å². The molecule has 1 aromatic rings. The summed E-state index contributed by atoms with van der Waals surface area (Å²) in [4.78, 5) is 14.8. The summed E-state index contributed by atoms with van der Waals surface area (Å²) in [6, 6.07) is 10.2. The van der Waals surface area contributed by atoms with Gasteiger partial charge in [-0.3, -0.25) is 4.79 Å². The second kappa shape index (κ2) is 11.1. The van der Waals surface area contributed by atoms with Crippen molar-refractivity contribution in [2.24, 2.45) is 0 Å². The maximum absolute atomic E-state index is 12.7. The summed E-state index contributed by atoms with van der Waals surface area (Å²) < 4.78 is 10.9. The molecule has 24 heavy (non-hydrogen) atoms. The molecule has 4 nitrogen and oxygen atoms in total. The van der Waals surface area contributed by atoms with Gasteiger partial charge in [0.1, 0.15) is 12.4 Å². The summed E-state index contributed by atoms with van der Waals surface area (Å²) in [5, 5.41) is 0. The van der Waals surface area contributed by atoms with Gasteiger partial charge in [-0.05, 0) is 31.4 Å². The lowest BCUT2D eigenvalue weighted by Crippen LogP contribution is -2.42. The van der Waals surface area contributed by atoms with Crippen molar-refractivity contribution in [1.29, 1.82) is 0 Å². The maximum atomic E-state index is 12.7. The predicted octanol–water partition coefficient (Wildman–Crippen LogP) is 4.04. The van der Waals surface area contributed by atoms with Crippen molar-refractivity contribution in [1.82, 2.24) is 4.90 Å². The van der Waals surface area contributed by atoms with Gasteiger partial charge in [0.2, 0.25) is 5.91 Å². The van der Waals surface area contributed by atoms with Crippen LogP contribution in [0.5, 0.6) is 5.75 Å². The molecule has 134 valence electrons. The zero-order valence-corrected chi connectivity index (χ0v) is 14.9. The molecule has 1 fully saturated rings. The van der Waals surface area contributed by atoms with Crippen LogP contribution in [-0.4, -0.2) is 43.7 Å². The fraction of sp³-hybridized carbons (Fsp3) is 0.650. The summed E-state index contributed by atoms with van der Waals surface area (Å²) in [7, 11) is 1.68. The van der Waals surface area contributed by atoms with Crippen molar-refractivity contribution in [3.05, 3.63) is 30.3 Å². The number of carbonyl (C=O) groups excluding carboxylic acids is 1. The topological polar surface area (TPSA) is 38.8 Å². The number of nitrogens with zero attached hydrogens (tertiary/aromatic N) is 1. The third kappa shape index (κ3) is 6.52. The van der Waals surface area contributed by atoms with Crippen LogP contribution >= 0.6 is 0 Å². The van der Waals surface area contributed by atoms with E-state index in [1.807, 2.05) is 30.3 Å². The van der Waals surface area contributed by atoms with Gasteiger partial charge in [-0.1, -0.05) is 43.9 Å². The van der Waals surface area contributed by atoms with Crippen LogP contribution in [0.15, 0.2) is 30.3 Å². The Kier molecular flexibility index (Phi) is 8.67. The molecule has 1 amide bonds. The van der Waals surface area contributed by atoms with E-state index in [1.54, 1.807) is 7.11 Å². The summed E-state index contributed by atoms with van der Waals surface area (Å²) in [5.74, 6) is 1.11. The van der Waals surface area contributed by atoms with Gasteiger partial charge in [0, 0.05) is 26.2 Å². The zero-order valence-electron chi connectivity index (χ0n) is 14.9. The first-order valence-corrected chi connectivity index (χ1v) is 9.27. The number of hydrogen-bond acceptors (Lipinski definition) is 3. The molecule has 0 radical (unpaired) electrons. The van der Waals surface area contributed by atoms with Gasteiger partial charge in [0.15, 0.2) is 0 Å². The van der Waals surface area contributed by atoms with Crippen LogP contribution in [-0.2, 0) is 9.53 Å². The van der Waals surface area contributed by atoms with Crippen molar-refractivity contribution in [3.8, 4) is 5.75 Å². The van der Waals surface area contributed by atoms with E-state index < -0.39 is 0 Å². The molecule has 4 heteroatoms. The molecule has 0 aromatic heterocycles. The highest BCUT2D eigenvalue weighted by Gasteiger charge is 2.24. The van der Waals surface area contributed by atoms with Crippen LogP contribution in [0.4, 0.5) is 0 Å². The quantitative estimate of drug-likeness (QED) is 0.505. The molecule has 0 spiro atoms. The van der Waals surface area contributed by atoms with Crippen LogP contribution in [0.25, 0.3) is 0 Å². The smallest absolute Gasteiger partial charge is 0.223 e. The van der Waals surface area contributed by atoms with E-state index in [-0.39, 0.29) is 5.91 Å². The van der Waals surface area contributed by atoms with Gasteiger partial charge in [0.05, 0.1) is 6.54 Å². The molecule has 2 rings (SSSR count). The molecule has 0 heterocycles. The Morgan fingerprint density at radius 3 is 2.46 bits per heavy atom. The van der Waals surface area contributed by atoms with Crippen molar-refractivity contribution < 1.29 is 14.3 Å². The van der Waals surface area contributed by atoms with Gasteiger partial charge >= 0.3 is 0 Å². The lowest BCUT2D eigenvalue weighted by molar-refractivity contribution is -0.134. The second-order valence-electron chi connectivity index (χ2n) is 6.49. The van der Waals surface area contributed by atoms with Crippen LogP contribution < -0.4 is 4.74 Å². The fourth-order valence-corrected chi connectivity index (χ4v) is 3.37. The third-order valence-electron chi connectivity index (χ3n) is 4.67. The van der Waals surface area contributed by atoms with E-state index in [0.29, 0.717) is 32.2 Å². The highest BCUT2D eigenvalue weighted by Crippen LogP contribution is 2.23. The SMILES string of the molecule is COCCCC(=O)N(CCOc1ccccc1)C1CCCCCC1. The molecular weight excluding hydrogens is 302 g/mol. The van der Waals surface area contributed by atoms with E-state index in [2.05, 4.69) is 4.90 Å². The molecule has 0 bridgehead atoms. The number of hydrogen-bond donors (Lipinski definition) is 0. The Morgan fingerprint density at radius 2 is 1.79 bits per heavy atom. The predicted molar refractivity (Wildman–Crippen MR) is 96.3 cm³/mol. The summed E-state index contributed by atoms with van der Waals surface area (Å²) in [5.41, 5.74) is 0. The standard InChI is InChI=1S/C20H31NO3/c1-23-16-9-14-20(22)21(18-10-5-2-3-6-11-18)15-17-24-19-12-7-4-8-13-19/h4,7-8,12-13,18H,2-3,5-6,9-11,14-17H2,1H3. The second-order valence-corrected chi connectivity index (χ2v) is 6.49. The summed E-state index contributed by atoms with van der Waals surface area (Å²) in [6.45, 7) is 1.87. The number of amides is 1. The van der Waals surface area contributed by atoms with E-state index >= 15 is 0 Å². The first-order valence-electron chi connectivity index (χ1n) is 9.27. The molecule has 1 saturated carbocycles. The van der Waals surface area contributed by atoms with Crippen LogP contribution in [0.2, 0.25) is 0 Å². The Morgan fingerprint density at radius 1 is 1.08 bits per heavy atom. The van der Waals surface area contributed by atoms with Gasteiger partial charge in [-0.25, -0.2) is 0 Å². The molecule has 1 aliphatic carbocycles. The molecule has 0 N–H and O–H groups in total. The first-order chi connectivity index (χ1) is 11.8. The fourth-order valence-electron chi connectivity index (χ4n) is 3.37. The van der Waals surface area contributed by atoms with E-state index in [9.17, 15) is 4.79 Å². The van der Waals surface area contributed by atoms with Crippen LogP contribution in [0.3, 0.4) is 0 Å². The lowest BCUT2D eigenvalue weighted by atomic mass is 10.1. The Labute approximate surface area is 146 Å². The molecule has 0 aliphatic heterocycles. The molecule has 0 saturated heterocycles. The zero-order chi connectivity index (χ0) is 17.0. The minimum absolute atomic E-state index is 0.246. The largest absolute Gasteiger partial charge is 0.492 e. The first kappa shape index (κ1) is 18.8. The van der Waals surface area contributed by atoms with E-state index in [4.69, 9.17) is 9.47 Å². The van der Waals surface area contributed by atoms with Gasteiger partial charge in [-0.2, -0.15) is 0 Å². The number of rotatable bonds is 9. The Hall–Kier alpha value is -1.55. The monoisotopic (exact) mass is 333 g/mol. The number of para-hydroxylation sites is 1. The van der Waals surface area contributed by atoms with Crippen molar-refractivity contribution >= 4 is 5.91 Å². The number of ether oxygens (including phenoxy) is 2. The van der Waals surface area contributed by atoms with E-state index in [0.717, 1.165) is 25.0 Å². The van der Waals surface area contributed by atoms with Gasteiger partial charge < -0.3 is 14.4 Å². The lowest BCUT2D eigenvalue weighted by Gasteiger charge is -2.31. The normalized spacial score (nSPS) is 15.7. The molecule has 0 unspecified atom stereocenters.